The standard InChI is InChI=1S/C13H12ClFN4O3S/c14-11-4-10(1-2-12(11)19-8-16-7-17-19)18-5-9(3-13(18)20)6-23(15,21)22/h1-2,4,7-9H,3,5-6H2. The van der Waals surface area contributed by atoms with Gasteiger partial charge in [-0.3, -0.25) is 4.79 Å². The molecule has 1 atom stereocenters. The van der Waals surface area contributed by atoms with Gasteiger partial charge in [-0.1, -0.05) is 11.6 Å². The molecule has 1 fully saturated rings. The van der Waals surface area contributed by atoms with Crippen molar-refractivity contribution in [3.05, 3.63) is 35.9 Å². The molecule has 23 heavy (non-hydrogen) atoms. The number of amides is 1. The molecule has 7 nitrogen and oxygen atoms in total. The van der Waals surface area contributed by atoms with Crippen LogP contribution in [0.5, 0.6) is 0 Å². The number of aromatic nitrogens is 3. The molecule has 1 unspecified atom stereocenters. The van der Waals surface area contributed by atoms with Crippen molar-refractivity contribution in [2.45, 2.75) is 6.42 Å². The van der Waals surface area contributed by atoms with Gasteiger partial charge in [0.05, 0.1) is 16.5 Å². The average molecular weight is 359 g/mol. The first-order valence-corrected chi connectivity index (χ1v) is 8.64. The minimum atomic E-state index is -4.60. The molecular formula is C13H12ClFN4O3S. The van der Waals surface area contributed by atoms with Crippen LogP contribution in [-0.4, -0.2) is 41.4 Å². The Morgan fingerprint density at radius 1 is 1.39 bits per heavy atom. The molecule has 0 saturated carbocycles. The second kappa shape index (κ2) is 5.89. The quantitative estimate of drug-likeness (QED) is 0.774. The molecule has 0 aliphatic carbocycles. The lowest BCUT2D eigenvalue weighted by molar-refractivity contribution is -0.117. The van der Waals surface area contributed by atoms with Crippen LogP contribution in [0.15, 0.2) is 30.9 Å². The largest absolute Gasteiger partial charge is 0.312 e. The van der Waals surface area contributed by atoms with E-state index in [-0.39, 0.29) is 18.9 Å². The Balaban J connectivity index is 1.82. The summed E-state index contributed by atoms with van der Waals surface area (Å²) >= 11 is 6.21. The summed E-state index contributed by atoms with van der Waals surface area (Å²) in [6.07, 6.45) is 2.85. The van der Waals surface area contributed by atoms with Crippen LogP contribution in [0.25, 0.3) is 5.69 Å². The van der Waals surface area contributed by atoms with Gasteiger partial charge in [-0.2, -0.15) is 13.5 Å². The fourth-order valence-electron chi connectivity index (χ4n) is 2.61. The van der Waals surface area contributed by atoms with E-state index in [1.807, 2.05) is 0 Å². The topological polar surface area (TPSA) is 85.2 Å². The van der Waals surface area contributed by atoms with Crippen LogP contribution in [0.2, 0.25) is 5.02 Å². The van der Waals surface area contributed by atoms with Crippen LogP contribution in [0.1, 0.15) is 6.42 Å². The Bertz CT molecular complexity index is 841. The molecule has 1 aliphatic rings. The van der Waals surface area contributed by atoms with Gasteiger partial charge in [0.25, 0.3) is 0 Å². The number of hydrogen-bond donors (Lipinski definition) is 0. The van der Waals surface area contributed by atoms with Gasteiger partial charge in [0.15, 0.2) is 0 Å². The van der Waals surface area contributed by atoms with Gasteiger partial charge >= 0.3 is 10.2 Å². The lowest BCUT2D eigenvalue weighted by Gasteiger charge is -2.17. The normalized spacial score (nSPS) is 18.6. The van der Waals surface area contributed by atoms with E-state index in [1.54, 1.807) is 18.2 Å². The number of anilines is 1. The number of benzene rings is 1. The van der Waals surface area contributed by atoms with Crippen LogP contribution in [0.4, 0.5) is 9.57 Å². The molecule has 2 aromatic rings. The zero-order valence-electron chi connectivity index (χ0n) is 11.8. The van der Waals surface area contributed by atoms with Gasteiger partial charge in [0, 0.05) is 24.6 Å². The van der Waals surface area contributed by atoms with E-state index in [0.717, 1.165) is 0 Å². The van der Waals surface area contributed by atoms with Gasteiger partial charge in [-0.25, -0.2) is 9.67 Å². The third-order valence-electron chi connectivity index (χ3n) is 3.55. The molecule has 0 N–H and O–H groups in total. The summed E-state index contributed by atoms with van der Waals surface area (Å²) in [6, 6.07) is 4.94. The molecule has 122 valence electrons. The summed E-state index contributed by atoms with van der Waals surface area (Å²) in [5, 5.41) is 4.34. The lowest BCUT2D eigenvalue weighted by Crippen LogP contribution is -2.25. The molecule has 3 rings (SSSR count). The number of halogens is 2. The molecule has 1 aliphatic heterocycles. The summed E-state index contributed by atoms with van der Waals surface area (Å²) < 4.78 is 35.7. The molecule has 1 amide bonds. The highest BCUT2D eigenvalue weighted by atomic mass is 35.5. The zero-order valence-corrected chi connectivity index (χ0v) is 13.3. The predicted molar refractivity (Wildman–Crippen MR) is 81.7 cm³/mol. The van der Waals surface area contributed by atoms with Crippen LogP contribution >= 0.6 is 11.6 Å². The van der Waals surface area contributed by atoms with Crippen molar-refractivity contribution < 1.29 is 17.1 Å². The second-order valence-electron chi connectivity index (χ2n) is 5.26. The zero-order chi connectivity index (χ0) is 16.6. The Morgan fingerprint density at radius 2 is 2.17 bits per heavy atom. The highest BCUT2D eigenvalue weighted by molar-refractivity contribution is 7.86. The highest BCUT2D eigenvalue weighted by Crippen LogP contribution is 2.30. The Kier molecular flexibility index (Phi) is 4.07. The first kappa shape index (κ1) is 15.9. The van der Waals surface area contributed by atoms with Crippen LogP contribution in [0.3, 0.4) is 0 Å². The van der Waals surface area contributed by atoms with Gasteiger partial charge in [-0.05, 0) is 18.2 Å². The Labute approximate surface area is 136 Å². The van der Waals surface area contributed by atoms with Crippen molar-refractivity contribution in [1.29, 1.82) is 0 Å². The van der Waals surface area contributed by atoms with Gasteiger partial charge in [0.2, 0.25) is 5.91 Å². The first-order valence-electron chi connectivity index (χ1n) is 6.71. The average Bonchev–Trinajstić information content (AvgIpc) is 3.06. The first-order chi connectivity index (χ1) is 10.8. The fraction of sp³-hybridized carbons (Fsp3) is 0.308. The highest BCUT2D eigenvalue weighted by Gasteiger charge is 2.33. The van der Waals surface area contributed by atoms with E-state index < -0.39 is 21.9 Å². The summed E-state index contributed by atoms with van der Waals surface area (Å²) in [6.45, 7) is 0.140. The third kappa shape index (κ3) is 3.50. The summed E-state index contributed by atoms with van der Waals surface area (Å²) in [7, 11) is -4.60. The Hall–Kier alpha value is -2.00. The fourth-order valence-corrected chi connectivity index (χ4v) is 3.65. The van der Waals surface area contributed by atoms with Crippen LogP contribution in [-0.2, 0) is 15.0 Å². The van der Waals surface area contributed by atoms with Crippen molar-refractivity contribution >= 4 is 33.4 Å². The van der Waals surface area contributed by atoms with E-state index in [2.05, 4.69) is 10.1 Å². The maximum atomic E-state index is 12.8. The van der Waals surface area contributed by atoms with Crippen molar-refractivity contribution in [3.8, 4) is 5.69 Å². The van der Waals surface area contributed by atoms with Gasteiger partial charge < -0.3 is 4.90 Å². The number of nitrogens with zero attached hydrogens (tertiary/aromatic N) is 4. The van der Waals surface area contributed by atoms with Crippen molar-refractivity contribution in [3.63, 3.8) is 0 Å². The number of rotatable bonds is 4. The maximum absolute atomic E-state index is 12.8. The van der Waals surface area contributed by atoms with Crippen molar-refractivity contribution in [2.75, 3.05) is 17.2 Å². The van der Waals surface area contributed by atoms with Crippen LogP contribution in [0, 0.1) is 5.92 Å². The number of hydrogen-bond acceptors (Lipinski definition) is 5. The number of carbonyl (C=O) groups excluding carboxylic acids is 1. The Morgan fingerprint density at radius 3 is 2.78 bits per heavy atom. The van der Waals surface area contributed by atoms with E-state index >= 15 is 0 Å². The van der Waals surface area contributed by atoms with E-state index in [9.17, 15) is 17.1 Å². The molecular weight excluding hydrogens is 347 g/mol. The minimum absolute atomic E-state index is 0.00834. The molecule has 10 heteroatoms. The predicted octanol–water partition coefficient (Wildman–Crippen LogP) is 1.57. The molecule has 2 heterocycles. The lowest BCUT2D eigenvalue weighted by atomic mass is 10.1. The molecule has 0 radical (unpaired) electrons. The molecule has 1 aromatic heterocycles. The van der Waals surface area contributed by atoms with Crippen molar-refractivity contribution in [1.82, 2.24) is 14.8 Å². The minimum Gasteiger partial charge on any atom is -0.312 e. The third-order valence-corrected chi connectivity index (χ3v) is 4.72. The molecule has 0 spiro atoms. The summed E-state index contributed by atoms with van der Waals surface area (Å²) in [5.41, 5.74) is 1.13. The molecule has 1 saturated heterocycles. The SMILES string of the molecule is O=C1CC(CS(=O)(=O)F)CN1c1ccc(-n2cncn2)c(Cl)c1. The number of carbonyl (C=O) groups is 1. The van der Waals surface area contributed by atoms with Gasteiger partial charge in [-0.15, -0.1) is 3.89 Å². The van der Waals surface area contributed by atoms with E-state index in [1.165, 1.54) is 22.2 Å². The summed E-state index contributed by atoms with van der Waals surface area (Å²) in [4.78, 5) is 17.3. The molecule has 0 bridgehead atoms. The van der Waals surface area contributed by atoms with E-state index in [4.69, 9.17) is 11.6 Å². The van der Waals surface area contributed by atoms with E-state index in [0.29, 0.717) is 16.4 Å². The summed E-state index contributed by atoms with van der Waals surface area (Å²) in [5.74, 6) is -1.48. The van der Waals surface area contributed by atoms with Gasteiger partial charge in [0.1, 0.15) is 12.7 Å². The second-order valence-corrected chi connectivity index (χ2v) is 7.07. The van der Waals surface area contributed by atoms with Crippen LogP contribution < -0.4 is 4.90 Å². The maximum Gasteiger partial charge on any atom is 0.302 e. The molecule has 1 aromatic carbocycles. The monoisotopic (exact) mass is 358 g/mol. The van der Waals surface area contributed by atoms with Crippen molar-refractivity contribution in [2.24, 2.45) is 5.92 Å². The smallest absolute Gasteiger partial charge is 0.302 e.